The van der Waals surface area contributed by atoms with E-state index in [2.05, 4.69) is 5.32 Å². The minimum atomic E-state index is -4.04. The standard InChI is InChI=1S/C17H17NO6S/c1-3-23-17(20)13-4-10-16(11-5-13)25(21,22)24-15-8-6-14(7-9-15)18-12(2)19/h4-11H,3H2,1-2H3,(H,18,19). The topological polar surface area (TPSA) is 98.8 Å². The van der Waals surface area contributed by atoms with E-state index in [4.69, 9.17) is 8.92 Å². The molecule has 1 N–H and O–H groups in total. The number of benzene rings is 2. The summed E-state index contributed by atoms with van der Waals surface area (Å²) >= 11 is 0. The zero-order chi connectivity index (χ0) is 18.4. The number of rotatable bonds is 6. The van der Waals surface area contributed by atoms with E-state index in [1.54, 1.807) is 6.92 Å². The second kappa shape index (κ2) is 7.80. The molecule has 0 aliphatic rings. The molecule has 2 aromatic carbocycles. The Morgan fingerprint density at radius 1 is 1.00 bits per heavy atom. The summed E-state index contributed by atoms with van der Waals surface area (Å²) in [4.78, 5) is 22.4. The lowest BCUT2D eigenvalue weighted by atomic mass is 10.2. The molecule has 0 radical (unpaired) electrons. The maximum Gasteiger partial charge on any atom is 0.339 e. The Bertz CT molecular complexity index is 857. The highest BCUT2D eigenvalue weighted by atomic mass is 32.2. The van der Waals surface area contributed by atoms with Crippen molar-refractivity contribution in [2.75, 3.05) is 11.9 Å². The van der Waals surface area contributed by atoms with Gasteiger partial charge in [0.1, 0.15) is 10.6 Å². The van der Waals surface area contributed by atoms with E-state index in [0.29, 0.717) is 5.69 Å². The fourth-order valence-electron chi connectivity index (χ4n) is 1.94. The number of ether oxygens (including phenoxy) is 1. The Morgan fingerprint density at radius 2 is 1.60 bits per heavy atom. The van der Waals surface area contributed by atoms with Gasteiger partial charge >= 0.3 is 16.1 Å². The molecule has 0 fully saturated rings. The summed E-state index contributed by atoms with van der Waals surface area (Å²) in [6.45, 7) is 3.28. The van der Waals surface area contributed by atoms with Gasteiger partial charge in [0.25, 0.3) is 0 Å². The van der Waals surface area contributed by atoms with Gasteiger partial charge in [0, 0.05) is 12.6 Å². The molecule has 0 aliphatic heterocycles. The van der Waals surface area contributed by atoms with Crippen LogP contribution in [0.3, 0.4) is 0 Å². The number of amides is 1. The van der Waals surface area contributed by atoms with Gasteiger partial charge in [-0.05, 0) is 55.5 Å². The van der Waals surface area contributed by atoms with Crippen molar-refractivity contribution >= 4 is 27.7 Å². The largest absolute Gasteiger partial charge is 0.462 e. The Labute approximate surface area is 145 Å². The lowest BCUT2D eigenvalue weighted by Crippen LogP contribution is -2.11. The number of hydrogen-bond donors (Lipinski definition) is 1. The van der Waals surface area contributed by atoms with Crippen molar-refractivity contribution in [3.63, 3.8) is 0 Å². The lowest BCUT2D eigenvalue weighted by molar-refractivity contribution is -0.114. The van der Waals surface area contributed by atoms with E-state index in [1.165, 1.54) is 55.5 Å². The number of carbonyl (C=O) groups excluding carboxylic acids is 2. The number of anilines is 1. The Kier molecular flexibility index (Phi) is 5.76. The Balaban J connectivity index is 2.13. The van der Waals surface area contributed by atoms with Crippen LogP contribution in [0.15, 0.2) is 53.4 Å². The first-order valence-corrected chi connectivity index (χ1v) is 8.82. The molecule has 0 unspecified atom stereocenters. The van der Waals surface area contributed by atoms with E-state index in [-0.39, 0.29) is 28.7 Å². The predicted molar refractivity (Wildman–Crippen MR) is 91.0 cm³/mol. The zero-order valence-corrected chi connectivity index (χ0v) is 14.5. The van der Waals surface area contributed by atoms with Gasteiger partial charge in [-0.2, -0.15) is 8.42 Å². The average molecular weight is 363 g/mol. The van der Waals surface area contributed by atoms with Gasteiger partial charge in [-0.15, -0.1) is 0 Å². The summed E-state index contributed by atoms with van der Waals surface area (Å²) in [5.74, 6) is -0.660. The van der Waals surface area contributed by atoms with Crippen molar-refractivity contribution in [1.29, 1.82) is 0 Å². The minimum Gasteiger partial charge on any atom is -0.462 e. The maximum absolute atomic E-state index is 12.3. The minimum absolute atomic E-state index is 0.0912. The molecule has 25 heavy (non-hydrogen) atoms. The van der Waals surface area contributed by atoms with Gasteiger partial charge in [0.2, 0.25) is 5.91 Å². The first kappa shape index (κ1) is 18.5. The molecule has 2 rings (SSSR count). The van der Waals surface area contributed by atoms with Crippen LogP contribution in [0, 0.1) is 0 Å². The molecule has 0 aromatic heterocycles. The third kappa shape index (κ3) is 5.05. The first-order chi connectivity index (χ1) is 11.8. The van der Waals surface area contributed by atoms with E-state index in [9.17, 15) is 18.0 Å². The van der Waals surface area contributed by atoms with Gasteiger partial charge in [0.15, 0.2) is 0 Å². The smallest absolute Gasteiger partial charge is 0.339 e. The van der Waals surface area contributed by atoms with Crippen LogP contribution in [0.1, 0.15) is 24.2 Å². The van der Waals surface area contributed by atoms with Crippen LogP contribution in [-0.4, -0.2) is 26.9 Å². The van der Waals surface area contributed by atoms with E-state index in [0.717, 1.165) is 0 Å². The molecule has 0 saturated heterocycles. The van der Waals surface area contributed by atoms with E-state index < -0.39 is 16.1 Å². The summed E-state index contributed by atoms with van der Waals surface area (Å²) in [7, 11) is -4.04. The summed E-state index contributed by atoms with van der Waals surface area (Å²) < 4.78 is 34.4. The fraction of sp³-hybridized carbons (Fsp3) is 0.176. The molecular formula is C17H17NO6S. The highest BCUT2D eigenvalue weighted by molar-refractivity contribution is 7.87. The van der Waals surface area contributed by atoms with Crippen LogP contribution in [-0.2, 0) is 19.6 Å². The molecule has 0 atom stereocenters. The quantitative estimate of drug-likeness (QED) is 0.626. The van der Waals surface area contributed by atoms with Crippen LogP contribution in [0.2, 0.25) is 0 Å². The van der Waals surface area contributed by atoms with Crippen LogP contribution >= 0.6 is 0 Å². The SMILES string of the molecule is CCOC(=O)c1ccc(S(=O)(=O)Oc2ccc(NC(C)=O)cc2)cc1. The molecular weight excluding hydrogens is 346 g/mol. The van der Waals surface area contributed by atoms with Gasteiger partial charge in [0.05, 0.1) is 12.2 Å². The third-order valence-electron chi connectivity index (χ3n) is 3.03. The summed E-state index contributed by atoms with van der Waals surface area (Å²) in [5.41, 5.74) is 0.775. The normalized spacial score (nSPS) is 10.8. The molecule has 0 bridgehead atoms. The molecule has 0 saturated carbocycles. The maximum atomic E-state index is 12.3. The summed E-state index contributed by atoms with van der Waals surface area (Å²) in [6.07, 6.45) is 0. The second-order valence-electron chi connectivity index (χ2n) is 4.99. The first-order valence-electron chi connectivity index (χ1n) is 7.41. The van der Waals surface area contributed by atoms with Gasteiger partial charge in [-0.25, -0.2) is 4.79 Å². The number of nitrogens with one attached hydrogen (secondary N) is 1. The van der Waals surface area contributed by atoms with Gasteiger partial charge in [-0.3, -0.25) is 4.79 Å². The number of carbonyl (C=O) groups is 2. The molecule has 132 valence electrons. The Morgan fingerprint density at radius 3 is 2.12 bits per heavy atom. The molecule has 8 heteroatoms. The van der Waals surface area contributed by atoms with Crippen molar-refractivity contribution in [1.82, 2.24) is 0 Å². The molecule has 0 aliphatic carbocycles. The van der Waals surface area contributed by atoms with E-state index in [1.807, 2.05) is 0 Å². The van der Waals surface area contributed by atoms with Crippen molar-refractivity contribution < 1.29 is 26.9 Å². The van der Waals surface area contributed by atoms with E-state index >= 15 is 0 Å². The highest BCUT2D eigenvalue weighted by Crippen LogP contribution is 2.21. The molecule has 2 aromatic rings. The van der Waals surface area contributed by atoms with Gasteiger partial charge < -0.3 is 14.2 Å². The van der Waals surface area contributed by atoms with Crippen LogP contribution in [0.5, 0.6) is 5.75 Å². The zero-order valence-electron chi connectivity index (χ0n) is 13.7. The molecule has 1 amide bonds. The number of hydrogen-bond acceptors (Lipinski definition) is 6. The van der Waals surface area contributed by atoms with Crippen molar-refractivity contribution in [3.8, 4) is 5.75 Å². The molecule has 0 spiro atoms. The predicted octanol–water partition coefficient (Wildman–Crippen LogP) is 2.59. The van der Waals surface area contributed by atoms with Crippen molar-refractivity contribution in [2.45, 2.75) is 18.7 Å². The summed E-state index contributed by atoms with van der Waals surface area (Å²) in [6, 6.07) is 11.2. The van der Waals surface area contributed by atoms with Gasteiger partial charge in [-0.1, -0.05) is 0 Å². The second-order valence-corrected chi connectivity index (χ2v) is 6.53. The van der Waals surface area contributed by atoms with Crippen LogP contribution in [0.4, 0.5) is 5.69 Å². The average Bonchev–Trinajstić information content (AvgIpc) is 2.56. The fourth-order valence-corrected chi connectivity index (χ4v) is 2.87. The highest BCUT2D eigenvalue weighted by Gasteiger charge is 2.17. The summed E-state index contributed by atoms with van der Waals surface area (Å²) in [5, 5.41) is 2.57. The van der Waals surface area contributed by atoms with Crippen molar-refractivity contribution in [2.24, 2.45) is 0 Å². The molecule has 7 nitrogen and oxygen atoms in total. The third-order valence-corrected chi connectivity index (χ3v) is 4.30. The molecule has 0 heterocycles. The van der Waals surface area contributed by atoms with Crippen molar-refractivity contribution in [3.05, 3.63) is 54.1 Å². The lowest BCUT2D eigenvalue weighted by Gasteiger charge is -2.09. The number of esters is 1. The Hall–Kier alpha value is -2.87. The monoisotopic (exact) mass is 363 g/mol. The van der Waals surface area contributed by atoms with Crippen LogP contribution in [0.25, 0.3) is 0 Å². The van der Waals surface area contributed by atoms with Crippen LogP contribution < -0.4 is 9.50 Å².